The second-order valence-corrected chi connectivity index (χ2v) is 5.29. The average Bonchev–Trinajstić information content (AvgIpc) is 2.87. The van der Waals surface area contributed by atoms with Crippen LogP contribution in [0.5, 0.6) is 0 Å². The molecule has 0 saturated carbocycles. The molecule has 0 fully saturated rings. The second kappa shape index (κ2) is 9.11. The minimum Gasteiger partial charge on any atom is -0.466 e. The van der Waals surface area contributed by atoms with Crippen LogP contribution in [0.4, 0.5) is 0 Å². The molecule has 0 amide bonds. The van der Waals surface area contributed by atoms with Crippen LogP contribution in [0.3, 0.4) is 0 Å². The Labute approximate surface area is 114 Å². The van der Waals surface area contributed by atoms with Crippen molar-refractivity contribution in [3.05, 3.63) is 22.4 Å². The number of carbonyl (C=O) groups excluding carboxylic acids is 1. The summed E-state index contributed by atoms with van der Waals surface area (Å²) >= 11 is 1.79. The lowest BCUT2D eigenvalue weighted by Crippen LogP contribution is -2.19. The van der Waals surface area contributed by atoms with Crippen LogP contribution in [0.2, 0.25) is 0 Å². The van der Waals surface area contributed by atoms with E-state index in [1.54, 1.807) is 11.3 Å². The van der Waals surface area contributed by atoms with Crippen LogP contribution < -0.4 is 5.32 Å². The lowest BCUT2D eigenvalue weighted by atomic mass is 10.2. The number of unbranched alkanes of at least 4 members (excludes halogenated alkanes) is 2. The first-order valence-electron chi connectivity index (χ1n) is 6.66. The quantitative estimate of drug-likeness (QED) is 0.550. The Balaban J connectivity index is 1.97. The highest BCUT2D eigenvalue weighted by Crippen LogP contribution is 2.17. The molecule has 0 spiro atoms. The summed E-state index contributed by atoms with van der Waals surface area (Å²) in [6.45, 7) is 5.51. The van der Waals surface area contributed by atoms with E-state index in [2.05, 4.69) is 29.8 Å². The fourth-order valence-corrected chi connectivity index (χ4v) is 2.52. The molecule has 0 unspecified atom stereocenters. The van der Waals surface area contributed by atoms with E-state index in [4.69, 9.17) is 4.74 Å². The van der Waals surface area contributed by atoms with E-state index in [0.29, 0.717) is 19.1 Å². The molecule has 1 N–H and O–H groups in total. The second-order valence-electron chi connectivity index (χ2n) is 4.31. The van der Waals surface area contributed by atoms with Gasteiger partial charge in [0, 0.05) is 17.3 Å². The minimum atomic E-state index is -0.0718. The van der Waals surface area contributed by atoms with Crippen LogP contribution in [0.25, 0.3) is 0 Å². The molecule has 102 valence electrons. The van der Waals surface area contributed by atoms with Gasteiger partial charge in [-0.05, 0) is 44.7 Å². The maximum absolute atomic E-state index is 11.1. The van der Waals surface area contributed by atoms with Crippen LogP contribution in [-0.4, -0.2) is 19.1 Å². The number of hydrogen-bond acceptors (Lipinski definition) is 4. The highest BCUT2D eigenvalue weighted by molar-refractivity contribution is 7.10. The first kappa shape index (κ1) is 15.2. The molecular weight excluding hydrogens is 246 g/mol. The Bertz CT molecular complexity index is 325. The number of carbonyl (C=O) groups is 1. The zero-order valence-corrected chi connectivity index (χ0v) is 12.1. The molecule has 0 radical (unpaired) electrons. The largest absolute Gasteiger partial charge is 0.466 e. The summed E-state index contributed by atoms with van der Waals surface area (Å²) in [7, 11) is 0. The van der Waals surface area contributed by atoms with Crippen molar-refractivity contribution < 1.29 is 9.53 Å². The van der Waals surface area contributed by atoms with Crippen molar-refractivity contribution in [1.29, 1.82) is 0 Å². The summed E-state index contributed by atoms with van der Waals surface area (Å²) < 4.78 is 4.88. The van der Waals surface area contributed by atoms with Gasteiger partial charge in [-0.15, -0.1) is 11.3 Å². The third-order valence-corrected chi connectivity index (χ3v) is 3.84. The first-order chi connectivity index (χ1) is 8.74. The van der Waals surface area contributed by atoms with Crippen LogP contribution in [0.1, 0.15) is 50.4 Å². The normalized spacial score (nSPS) is 12.3. The Morgan fingerprint density at radius 1 is 1.44 bits per heavy atom. The fraction of sp³-hybridized carbons (Fsp3) is 0.643. The topological polar surface area (TPSA) is 38.3 Å². The van der Waals surface area contributed by atoms with Gasteiger partial charge < -0.3 is 10.1 Å². The molecule has 4 heteroatoms. The highest BCUT2D eigenvalue weighted by atomic mass is 32.1. The number of hydrogen-bond donors (Lipinski definition) is 1. The van der Waals surface area contributed by atoms with Crippen LogP contribution in [0, 0.1) is 0 Å². The minimum absolute atomic E-state index is 0.0718. The van der Waals surface area contributed by atoms with Gasteiger partial charge in [0.25, 0.3) is 0 Å². The molecule has 0 aliphatic heterocycles. The smallest absolute Gasteiger partial charge is 0.305 e. The molecule has 1 heterocycles. The number of ether oxygens (including phenoxy) is 1. The highest BCUT2D eigenvalue weighted by Gasteiger charge is 2.05. The summed E-state index contributed by atoms with van der Waals surface area (Å²) in [6.07, 6.45) is 3.65. The molecule has 3 nitrogen and oxygen atoms in total. The van der Waals surface area contributed by atoms with Crippen molar-refractivity contribution in [2.75, 3.05) is 13.2 Å². The van der Waals surface area contributed by atoms with Crippen molar-refractivity contribution in [1.82, 2.24) is 5.32 Å². The van der Waals surface area contributed by atoms with Crippen molar-refractivity contribution in [3.63, 3.8) is 0 Å². The Kier molecular flexibility index (Phi) is 7.69. The summed E-state index contributed by atoms with van der Waals surface area (Å²) in [5.74, 6) is -0.0718. The molecule has 0 saturated heterocycles. The lowest BCUT2D eigenvalue weighted by Gasteiger charge is -2.11. The van der Waals surface area contributed by atoms with Gasteiger partial charge in [0.1, 0.15) is 0 Å². The summed E-state index contributed by atoms with van der Waals surface area (Å²) in [5.41, 5.74) is 0. The molecule has 1 aromatic rings. The Morgan fingerprint density at radius 3 is 2.94 bits per heavy atom. The number of esters is 1. The van der Waals surface area contributed by atoms with Gasteiger partial charge in [-0.25, -0.2) is 0 Å². The molecule has 18 heavy (non-hydrogen) atoms. The van der Waals surface area contributed by atoms with Crippen LogP contribution in [0.15, 0.2) is 17.5 Å². The SMILES string of the molecule is CCOC(=O)CCCCCN[C@H](C)c1cccs1. The third-order valence-electron chi connectivity index (χ3n) is 2.78. The number of nitrogens with one attached hydrogen (secondary N) is 1. The van der Waals surface area contributed by atoms with Gasteiger partial charge in [-0.2, -0.15) is 0 Å². The van der Waals surface area contributed by atoms with Crippen molar-refractivity contribution in [3.8, 4) is 0 Å². The number of thiophene rings is 1. The molecule has 0 aliphatic rings. The summed E-state index contributed by atoms with van der Waals surface area (Å²) in [6, 6.07) is 4.66. The average molecular weight is 269 g/mol. The zero-order valence-electron chi connectivity index (χ0n) is 11.3. The maximum Gasteiger partial charge on any atom is 0.305 e. The first-order valence-corrected chi connectivity index (χ1v) is 7.54. The van der Waals surface area contributed by atoms with Crippen molar-refractivity contribution in [2.45, 2.75) is 45.6 Å². The van der Waals surface area contributed by atoms with Gasteiger partial charge in [-0.3, -0.25) is 4.79 Å². The van der Waals surface area contributed by atoms with Gasteiger partial charge >= 0.3 is 5.97 Å². The van der Waals surface area contributed by atoms with Gasteiger partial charge in [0.2, 0.25) is 0 Å². The summed E-state index contributed by atoms with van der Waals surface area (Å²) in [4.78, 5) is 12.5. The Morgan fingerprint density at radius 2 is 2.28 bits per heavy atom. The zero-order chi connectivity index (χ0) is 13.2. The van der Waals surface area contributed by atoms with E-state index in [9.17, 15) is 4.79 Å². The predicted octanol–water partition coefficient (Wildman–Crippen LogP) is 3.52. The van der Waals surface area contributed by atoms with Crippen molar-refractivity contribution in [2.24, 2.45) is 0 Å². The lowest BCUT2D eigenvalue weighted by molar-refractivity contribution is -0.143. The van der Waals surface area contributed by atoms with Crippen LogP contribution in [-0.2, 0) is 9.53 Å². The van der Waals surface area contributed by atoms with E-state index in [1.165, 1.54) is 4.88 Å². The molecule has 1 aromatic heterocycles. The molecular formula is C14H23NO2S. The van der Waals surface area contributed by atoms with Gasteiger partial charge in [0.15, 0.2) is 0 Å². The van der Waals surface area contributed by atoms with E-state index >= 15 is 0 Å². The maximum atomic E-state index is 11.1. The molecule has 0 aliphatic carbocycles. The molecule has 0 bridgehead atoms. The summed E-state index contributed by atoms with van der Waals surface area (Å²) in [5, 5.41) is 5.60. The molecule has 0 aromatic carbocycles. The fourth-order valence-electron chi connectivity index (χ4n) is 1.76. The standard InChI is InChI=1S/C14H23NO2S/c1-3-17-14(16)9-5-4-6-10-15-12(2)13-8-7-11-18-13/h7-8,11-12,15H,3-6,9-10H2,1-2H3/t12-/m1/s1. The van der Waals surface area contributed by atoms with Crippen LogP contribution >= 0.6 is 11.3 Å². The molecule has 1 rings (SSSR count). The van der Waals surface area contributed by atoms with Gasteiger partial charge in [-0.1, -0.05) is 12.5 Å². The van der Waals surface area contributed by atoms with E-state index in [1.807, 2.05) is 6.92 Å². The van der Waals surface area contributed by atoms with E-state index < -0.39 is 0 Å². The number of rotatable bonds is 9. The molecule has 1 atom stereocenters. The predicted molar refractivity (Wildman–Crippen MR) is 75.8 cm³/mol. The van der Waals surface area contributed by atoms with Crippen molar-refractivity contribution >= 4 is 17.3 Å². The van der Waals surface area contributed by atoms with E-state index in [0.717, 1.165) is 25.8 Å². The van der Waals surface area contributed by atoms with E-state index in [-0.39, 0.29) is 5.97 Å². The monoisotopic (exact) mass is 269 g/mol. The van der Waals surface area contributed by atoms with Gasteiger partial charge in [0.05, 0.1) is 6.61 Å². The Hall–Kier alpha value is -0.870. The third kappa shape index (κ3) is 6.17.